The van der Waals surface area contributed by atoms with E-state index in [-0.39, 0.29) is 5.91 Å². The SMILES string of the molecule is CCC(CC)NC(=O)CNCCc1ccc(Cl)s1. The van der Waals surface area contributed by atoms with Crippen LogP contribution in [-0.2, 0) is 11.2 Å². The van der Waals surface area contributed by atoms with Crippen LogP contribution >= 0.6 is 22.9 Å². The minimum absolute atomic E-state index is 0.0768. The third kappa shape index (κ3) is 5.85. The van der Waals surface area contributed by atoms with Crippen LogP contribution in [0, 0.1) is 0 Å². The molecule has 0 spiro atoms. The van der Waals surface area contributed by atoms with Gasteiger partial charge in [-0.2, -0.15) is 0 Å². The van der Waals surface area contributed by atoms with Gasteiger partial charge < -0.3 is 10.6 Å². The maximum Gasteiger partial charge on any atom is 0.234 e. The van der Waals surface area contributed by atoms with E-state index in [1.54, 1.807) is 11.3 Å². The van der Waals surface area contributed by atoms with Crippen LogP contribution < -0.4 is 10.6 Å². The summed E-state index contributed by atoms with van der Waals surface area (Å²) in [6.07, 6.45) is 2.88. The molecule has 0 saturated heterocycles. The highest BCUT2D eigenvalue weighted by molar-refractivity contribution is 7.16. The molecule has 2 N–H and O–H groups in total. The van der Waals surface area contributed by atoms with Crippen molar-refractivity contribution >= 4 is 28.8 Å². The van der Waals surface area contributed by atoms with E-state index in [1.165, 1.54) is 4.88 Å². The van der Waals surface area contributed by atoms with Crippen LogP contribution in [0.15, 0.2) is 12.1 Å². The average molecular weight is 289 g/mol. The first-order valence-corrected chi connectivity index (χ1v) is 7.59. The zero-order valence-electron chi connectivity index (χ0n) is 11.0. The number of nitrogens with one attached hydrogen (secondary N) is 2. The third-order valence-corrected chi connectivity index (χ3v) is 4.10. The van der Waals surface area contributed by atoms with E-state index in [0.29, 0.717) is 12.6 Å². The van der Waals surface area contributed by atoms with Crippen molar-refractivity contribution in [2.24, 2.45) is 0 Å². The van der Waals surface area contributed by atoms with E-state index in [1.807, 2.05) is 12.1 Å². The normalized spacial score (nSPS) is 10.9. The van der Waals surface area contributed by atoms with Crippen LogP contribution in [0.2, 0.25) is 4.34 Å². The minimum Gasteiger partial charge on any atom is -0.352 e. The van der Waals surface area contributed by atoms with Crippen LogP contribution in [0.25, 0.3) is 0 Å². The molecule has 1 amide bonds. The van der Waals surface area contributed by atoms with Gasteiger partial charge in [-0.15, -0.1) is 11.3 Å². The molecule has 18 heavy (non-hydrogen) atoms. The van der Waals surface area contributed by atoms with Crippen molar-refractivity contribution in [3.8, 4) is 0 Å². The highest BCUT2D eigenvalue weighted by Crippen LogP contribution is 2.21. The van der Waals surface area contributed by atoms with Crippen molar-refractivity contribution in [3.05, 3.63) is 21.3 Å². The summed E-state index contributed by atoms with van der Waals surface area (Å²) in [7, 11) is 0. The minimum atomic E-state index is 0.0768. The van der Waals surface area contributed by atoms with Gasteiger partial charge >= 0.3 is 0 Å². The number of rotatable bonds is 8. The van der Waals surface area contributed by atoms with Gasteiger partial charge in [-0.05, 0) is 31.4 Å². The summed E-state index contributed by atoms with van der Waals surface area (Å²) in [5.41, 5.74) is 0. The molecule has 3 nitrogen and oxygen atoms in total. The summed E-state index contributed by atoms with van der Waals surface area (Å²) in [4.78, 5) is 12.8. The molecular formula is C13H21ClN2OS. The van der Waals surface area contributed by atoms with Gasteiger partial charge in [0.25, 0.3) is 0 Å². The summed E-state index contributed by atoms with van der Waals surface area (Å²) in [5, 5.41) is 6.15. The fourth-order valence-electron chi connectivity index (χ4n) is 1.67. The van der Waals surface area contributed by atoms with Crippen LogP contribution in [-0.4, -0.2) is 25.0 Å². The lowest BCUT2D eigenvalue weighted by molar-refractivity contribution is -0.121. The lowest BCUT2D eigenvalue weighted by Crippen LogP contribution is -2.40. The molecule has 1 aromatic heterocycles. The Kier molecular flexibility index (Phi) is 7.32. The predicted molar refractivity (Wildman–Crippen MR) is 78.4 cm³/mol. The summed E-state index contributed by atoms with van der Waals surface area (Å²) >= 11 is 7.44. The summed E-state index contributed by atoms with van der Waals surface area (Å²) in [6, 6.07) is 4.23. The van der Waals surface area contributed by atoms with Gasteiger partial charge in [0.15, 0.2) is 0 Å². The Balaban J connectivity index is 2.12. The second-order valence-electron chi connectivity index (χ2n) is 4.21. The molecule has 0 fully saturated rings. The lowest BCUT2D eigenvalue weighted by Gasteiger charge is -2.14. The highest BCUT2D eigenvalue weighted by Gasteiger charge is 2.07. The average Bonchev–Trinajstić information content (AvgIpc) is 2.77. The standard InChI is InChI=1S/C13H21ClN2OS/c1-3-10(4-2)16-13(17)9-15-8-7-11-5-6-12(14)18-11/h5-6,10,15H,3-4,7-9H2,1-2H3,(H,16,17). The molecule has 5 heteroatoms. The molecule has 1 heterocycles. The maximum atomic E-state index is 11.6. The number of halogens is 1. The largest absolute Gasteiger partial charge is 0.352 e. The first-order chi connectivity index (χ1) is 8.65. The van der Waals surface area contributed by atoms with Crippen LogP contribution in [0.1, 0.15) is 31.6 Å². The molecule has 0 aliphatic rings. The first-order valence-electron chi connectivity index (χ1n) is 6.40. The Morgan fingerprint density at radius 3 is 2.67 bits per heavy atom. The van der Waals surface area contributed by atoms with Crippen molar-refractivity contribution in [1.29, 1.82) is 0 Å². The van der Waals surface area contributed by atoms with Gasteiger partial charge in [0.1, 0.15) is 0 Å². The monoisotopic (exact) mass is 288 g/mol. The van der Waals surface area contributed by atoms with E-state index in [2.05, 4.69) is 24.5 Å². The second kappa shape index (κ2) is 8.51. The van der Waals surface area contributed by atoms with Crippen molar-refractivity contribution in [2.75, 3.05) is 13.1 Å². The van der Waals surface area contributed by atoms with Crippen molar-refractivity contribution in [1.82, 2.24) is 10.6 Å². The molecule has 102 valence electrons. The second-order valence-corrected chi connectivity index (χ2v) is 6.01. The van der Waals surface area contributed by atoms with E-state index < -0.39 is 0 Å². The molecule has 0 bridgehead atoms. The molecule has 0 aliphatic heterocycles. The Labute approximate surface area is 118 Å². The lowest BCUT2D eigenvalue weighted by atomic mass is 10.2. The first kappa shape index (κ1) is 15.5. The molecule has 1 aromatic rings. The molecule has 0 atom stereocenters. The van der Waals surface area contributed by atoms with E-state index in [0.717, 1.165) is 30.1 Å². The van der Waals surface area contributed by atoms with Crippen molar-refractivity contribution in [3.63, 3.8) is 0 Å². The van der Waals surface area contributed by atoms with E-state index in [9.17, 15) is 4.79 Å². The maximum absolute atomic E-state index is 11.6. The van der Waals surface area contributed by atoms with E-state index in [4.69, 9.17) is 11.6 Å². The topological polar surface area (TPSA) is 41.1 Å². The summed E-state index contributed by atoms with van der Waals surface area (Å²) < 4.78 is 0.816. The van der Waals surface area contributed by atoms with Crippen LogP contribution in [0.5, 0.6) is 0 Å². The fraction of sp³-hybridized carbons (Fsp3) is 0.615. The Morgan fingerprint density at radius 2 is 2.11 bits per heavy atom. The molecule has 0 unspecified atom stereocenters. The molecule has 0 aliphatic carbocycles. The van der Waals surface area contributed by atoms with Gasteiger partial charge in [0, 0.05) is 17.5 Å². The van der Waals surface area contributed by atoms with Gasteiger partial charge in [-0.3, -0.25) is 4.79 Å². The number of hydrogen-bond donors (Lipinski definition) is 2. The molecule has 1 rings (SSSR count). The fourth-order valence-corrected chi connectivity index (χ4v) is 2.76. The zero-order valence-corrected chi connectivity index (χ0v) is 12.5. The highest BCUT2D eigenvalue weighted by atomic mass is 35.5. The molecule has 0 aromatic carbocycles. The van der Waals surface area contributed by atoms with Crippen LogP contribution in [0.4, 0.5) is 0 Å². The molecule has 0 radical (unpaired) electrons. The van der Waals surface area contributed by atoms with Crippen LogP contribution in [0.3, 0.4) is 0 Å². The zero-order chi connectivity index (χ0) is 13.4. The Hall–Kier alpha value is -0.580. The number of thiophene rings is 1. The molecular weight excluding hydrogens is 268 g/mol. The van der Waals surface area contributed by atoms with E-state index >= 15 is 0 Å². The third-order valence-electron chi connectivity index (χ3n) is 2.81. The van der Waals surface area contributed by atoms with Crippen molar-refractivity contribution in [2.45, 2.75) is 39.2 Å². The van der Waals surface area contributed by atoms with Gasteiger partial charge in [-0.1, -0.05) is 25.4 Å². The number of carbonyl (C=O) groups is 1. The Morgan fingerprint density at radius 1 is 1.39 bits per heavy atom. The van der Waals surface area contributed by atoms with Gasteiger partial charge in [-0.25, -0.2) is 0 Å². The number of carbonyl (C=O) groups excluding carboxylic acids is 1. The van der Waals surface area contributed by atoms with Gasteiger partial charge in [0.05, 0.1) is 10.9 Å². The number of hydrogen-bond acceptors (Lipinski definition) is 3. The van der Waals surface area contributed by atoms with Crippen molar-refractivity contribution < 1.29 is 4.79 Å². The Bertz CT molecular complexity index is 364. The smallest absolute Gasteiger partial charge is 0.234 e. The number of amides is 1. The molecule has 0 saturated carbocycles. The summed E-state index contributed by atoms with van der Waals surface area (Å²) in [5.74, 6) is 0.0768. The van der Waals surface area contributed by atoms with Gasteiger partial charge in [0.2, 0.25) is 5.91 Å². The quantitative estimate of drug-likeness (QED) is 0.722. The predicted octanol–water partition coefficient (Wildman–Crippen LogP) is 2.84. The summed E-state index contributed by atoms with van der Waals surface area (Å²) in [6.45, 7) is 5.35.